The zero-order valence-electron chi connectivity index (χ0n) is 27.3. The van der Waals surface area contributed by atoms with Gasteiger partial charge in [-0.15, -0.1) is 0 Å². The van der Waals surface area contributed by atoms with E-state index in [1.165, 1.54) is 50.1 Å². The standard InChI is InChI=1S/C46H39N/c1-46(2,3)42-26-24-37(25-27-42)41-29-40(36-20-12-6-13-21-36)32-45(33-41)47(43-22-14-7-15-23-43)44-30-38(34-16-8-4-9-17-34)28-39(31-44)35-18-10-5-11-19-35/h4-33H,1-3H3. The first kappa shape index (κ1) is 30.0. The van der Waals surface area contributed by atoms with Gasteiger partial charge in [0.15, 0.2) is 0 Å². The van der Waals surface area contributed by atoms with Crippen molar-refractivity contribution in [3.8, 4) is 44.5 Å². The molecule has 0 aliphatic rings. The Balaban J connectivity index is 1.47. The maximum Gasteiger partial charge on any atom is 0.0473 e. The van der Waals surface area contributed by atoms with Crippen molar-refractivity contribution in [3.05, 3.63) is 188 Å². The number of nitrogens with zero attached hydrogens (tertiary/aromatic N) is 1. The summed E-state index contributed by atoms with van der Waals surface area (Å²) in [7, 11) is 0. The fourth-order valence-electron chi connectivity index (χ4n) is 6.23. The van der Waals surface area contributed by atoms with Crippen LogP contribution in [0.1, 0.15) is 26.3 Å². The minimum atomic E-state index is 0.0971. The van der Waals surface area contributed by atoms with E-state index in [2.05, 4.69) is 208 Å². The van der Waals surface area contributed by atoms with Gasteiger partial charge in [0.2, 0.25) is 0 Å². The lowest BCUT2D eigenvalue weighted by Gasteiger charge is -2.28. The summed E-state index contributed by atoms with van der Waals surface area (Å²) in [5.74, 6) is 0. The molecule has 0 N–H and O–H groups in total. The van der Waals surface area contributed by atoms with Gasteiger partial charge in [-0.3, -0.25) is 0 Å². The third-order valence-electron chi connectivity index (χ3n) is 8.77. The van der Waals surface area contributed by atoms with Crippen LogP contribution in [0.4, 0.5) is 17.1 Å². The van der Waals surface area contributed by atoms with Gasteiger partial charge in [-0.25, -0.2) is 0 Å². The van der Waals surface area contributed by atoms with Crippen molar-refractivity contribution >= 4 is 17.1 Å². The van der Waals surface area contributed by atoms with Crippen LogP contribution in [0.25, 0.3) is 44.5 Å². The molecule has 7 aromatic carbocycles. The fourth-order valence-corrected chi connectivity index (χ4v) is 6.23. The lowest BCUT2D eigenvalue weighted by molar-refractivity contribution is 0.590. The van der Waals surface area contributed by atoms with Crippen molar-refractivity contribution in [2.75, 3.05) is 4.90 Å². The highest BCUT2D eigenvalue weighted by Gasteiger charge is 2.19. The lowest BCUT2D eigenvalue weighted by Crippen LogP contribution is -2.11. The van der Waals surface area contributed by atoms with Gasteiger partial charge in [0.1, 0.15) is 0 Å². The summed E-state index contributed by atoms with van der Waals surface area (Å²) < 4.78 is 0. The quantitative estimate of drug-likeness (QED) is 0.175. The van der Waals surface area contributed by atoms with E-state index in [9.17, 15) is 0 Å². The van der Waals surface area contributed by atoms with E-state index < -0.39 is 0 Å². The Morgan fingerprint density at radius 2 is 0.617 bits per heavy atom. The van der Waals surface area contributed by atoms with Gasteiger partial charge in [0.05, 0.1) is 0 Å². The van der Waals surface area contributed by atoms with Crippen molar-refractivity contribution in [2.45, 2.75) is 26.2 Å². The topological polar surface area (TPSA) is 3.24 Å². The molecule has 1 nitrogen and oxygen atoms in total. The van der Waals surface area contributed by atoms with Crippen LogP contribution in [0.5, 0.6) is 0 Å². The molecule has 228 valence electrons. The van der Waals surface area contributed by atoms with Crippen molar-refractivity contribution in [1.82, 2.24) is 0 Å². The molecule has 0 bridgehead atoms. The minimum Gasteiger partial charge on any atom is -0.310 e. The average molecular weight is 606 g/mol. The monoisotopic (exact) mass is 605 g/mol. The van der Waals surface area contributed by atoms with Crippen LogP contribution in [0.2, 0.25) is 0 Å². The Hall–Kier alpha value is -5.66. The fraction of sp³-hybridized carbons (Fsp3) is 0.0870. The first-order valence-corrected chi connectivity index (χ1v) is 16.3. The normalized spacial score (nSPS) is 11.3. The van der Waals surface area contributed by atoms with E-state index >= 15 is 0 Å². The molecule has 7 rings (SSSR count). The zero-order chi connectivity index (χ0) is 32.2. The van der Waals surface area contributed by atoms with Gasteiger partial charge in [-0.2, -0.15) is 0 Å². The highest BCUT2D eigenvalue weighted by molar-refractivity contribution is 5.88. The molecular formula is C46H39N. The zero-order valence-corrected chi connectivity index (χ0v) is 27.3. The second-order valence-electron chi connectivity index (χ2n) is 13.1. The van der Waals surface area contributed by atoms with Crippen LogP contribution >= 0.6 is 0 Å². The lowest BCUT2D eigenvalue weighted by atomic mass is 9.86. The first-order valence-electron chi connectivity index (χ1n) is 16.3. The molecule has 0 atom stereocenters. The summed E-state index contributed by atoms with van der Waals surface area (Å²) >= 11 is 0. The van der Waals surface area contributed by atoms with E-state index in [1.807, 2.05) is 0 Å². The molecule has 0 unspecified atom stereocenters. The van der Waals surface area contributed by atoms with Crippen molar-refractivity contribution in [3.63, 3.8) is 0 Å². The molecule has 1 heteroatoms. The number of rotatable bonds is 7. The molecular weight excluding hydrogens is 567 g/mol. The summed E-state index contributed by atoms with van der Waals surface area (Å²) in [5.41, 5.74) is 14.3. The minimum absolute atomic E-state index is 0.0971. The Kier molecular flexibility index (Phi) is 8.29. The molecule has 0 spiro atoms. The smallest absolute Gasteiger partial charge is 0.0473 e. The number of hydrogen-bond acceptors (Lipinski definition) is 1. The van der Waals surface area contributed by atoms with Crippen LogP contribution in [-0.2, 0) is 5.41 Å². The molecule has 0 saturated carbocycles. The SMILES string of the molecule is CC(C)(C)c1ccc(-c2cc(-c3ccccc3)cc(N(c3ccccc3)c3cc(-c4ccccc4)cc(-c4ccccc4)c3)c2)cc1. The Labute approximate surface area is 279 Å². The third kappa shape index (κ3) is 6.66. The van der Waals surface area contributed by atoms with Gasteiger partial charge in [-0.05, 0) is 104 Å². The van der Waals surface area contributed by atoms with Crippen LogP contribution in [0, 0.1) is 0 Å². The Bertz CT molecular complexity index is 2020. The number of benzene rings is 7. The highest BCUT2D eigenvalue weighted by Crippen LogP contribution is 2.42. The van der Waals surface area contributed by atoms with Crippen LogP contribution < -0.4 is 4.90 Å². The molecule has 0 aliphatic carbocycles. The van der Waals surface area contributed by atoms with Gasteiger partial charge in [-0.1, -0.05) is 154 Å². The molecule has 0 fully saturated rings. The predicted octanol–water partition coefficient (Wildman–Crippen LogP) is 13.1. The third-order valence-corrected chi connectivity index (χ3v) is 8.77. The Morgan fingerprint density at radius 1 is 0.298 bits per heavy atom. The van der Waals surface area contributed by atoms with E-state index in [4.69, 9.17) is 0 Å². The maximum atomic E-state index is 2.40. The number of anilines is 3. The molecule has 0 aliphatic heterocycles. The number of hydrogen-bond donors (Lipinski definition) is 0. The molecule has 0 radical (unpaired) electrons. The van der Waals surface area contributed by atoms with Gasteiger partial charge >= 0.3 is 0 Å². The summed E-state index contributed by atoms with van der Waals surface area (Å²) in [4.78, 5) is 2.40. The van der Waals surface area contributed by atoms with Crippen LogP contribution in [0.3, 0.4) is 0 Å². The predicted molar refractivity (Wildman–Crippen MR) is 202 cm³/mol. The average Bonchev–Trinajstić information content (AvgIpc) is 3.13. The van der Waals surface area contributed by atoms with Crippen LogP contribution in [-0.4, -0.2) is 0 Å². The van der Waals surface area contributed by atoms with E-state index in [-0.39, 0.29) is 5.41 Å². The number of para-hydroxylation sites is 1. The first-order chi connectivity index (χ1) is 22.9. The second kappa shape index (κ2) is 13.0. The molecule has 0 aromatic heterocycles. The molecule has 0 heterocycles. The van der Waals surface area contributed by atoms with E-state index in [0.29, 0.717) is 0 Å². The maximum absolute atomic E-state index is 2.40. The second-order valence-corrected chi connectivity index (χ2v) is 13.1. The van der Waals surface area contributed by atoms with Crippen LogP contribution in [0.15, 0.2) is 182 Å². The summed E-state index contributed by atoms with van der Waals surface area (Å²) in [6, 6.07) is 65.8. The van der Waals surface area contributed by atoms with E-state index in [1.54, 1.807) is 0 Å². The van der Waals surface area contributed by atoms with Gasteiger partial charge in [0, 0.05) is 17.1 Å². The van der Waals surface area contributed by atoms with Crippen molar-refractivity contribution < 1.29 is 0 Å². The van der Waals surface area contributed by atoms with Gasteiger partial charge in [0.25, 0.3) is 0 Å². The van der Waals surface area contributed by atoms with E-state index in [0.717, 1.165) is 17.1 Å². The largest absolute Gasteiger partial charge is 0.310 e. The van der Waals surface area contributed by atoms with Gasteiger partial charge < -0.3 is 4.90 Å². The highest BCUT2D eigenvalue weighted by atomic mass is 15.1. The molecule has 0 amide bonds. The molecule has 0 saturated heterocycles. The van der Waals surface area contributed by atoms with Crippen molar-refractivity contribution in [1.29, 1.82) is 0 Å². The Morgan fingerprint density at radius 3 is 0.957 bits per heavy atom. The molecule has 47 heavy (non-hydrogen) atoms. The van der Waals surface area contributed by atoms with Crippen molar-refractivity contribution in [2.24, 2.45) is 0 Å². The molecule has 7 aromatic rings. The summed E-state index contributed by atoms with van der Waals surface area (Å²) in [6.45, 7) is 6.80. The summed E-state index contributed by atoms with van der Waals surface area (Å²) in [5, 5.41) is 0. The summed E-state index contributed by atoms with van der Waals surface area (Å²) in [6.07, 6.45) is 0.